The Morgan fingerprint density at radius 3 is 2.71 bits per heavy atom. The van der Waals surface area contributed by atoms with E-state index in [2.05, 4.69) is 10.1 Å². The van der Waals surface area contributed by atoms with E-state index in [1.54, 1.807) is 0 Å². The van der Waals surface area contributed by atoms with Gasteiger partial charge in [0.15, 0.2) is 0 Å². The topological polar surface area (TPSA) is 56.7 Å². The molecule has 0 spiro atoms. The average Bonchev–Trinajstić information content (AvgIpc) is 2.73. The van der Waals surface area contributed by atoms with Crippen molar-refractivity contribution in [1.29, 1.82) is 0 Å². The SMILES string of the molecule is Cn1cc(CC(N)CCc2ccncc2)cn1. The van der Waals surface area contributed by atoms with Gasteiger partial charge < -0.3 is 5.73 Å². The van der Waals surface area contributed by atoms with E-state index < -0.39 is 0 Å². The molecular weight excluding hydrogens is 212 g/mol. The smallest absolute Gasteiger partial charge is 0.0522 e. The third kappa shape index (κ3) is 3.67. The van der Waals surface area contributed by atoms with Gasteiger partial charge >= 0.3 is 0 Å². The Balaban J connectivity index is 1.80. The van der Waals surface area contributed by atoms with Gasteiger partial charge in [-0.1, -0.05) is 0 Å². The van der Waals surface area contributed by atoms with Crippen molar-refractivity contribution in [1.82, 2.24) is 14.8 Å². The van der Waals surface area contributed by atoms with Gasteiger partial charge in [0.2, 0.25) is 0 Å². The van der Waals surface area contributed by atoms with Crippen LogP contribution in [0.2, 0.25) is 0 Å². The summed E-state index contributed by atoms with van der Waals surface area (Å²) in [6.07, 6.45) is 10.4. The summed E-state index contributed by atoms with van der Waals surface area (Å²) >= 11 is 0. The Bertz CT molecular complexity index is 449. The lowest BCUT2D eigenvalue weighted by atomic mass is 10.0. The largest absolute Gasteiger partial charge is 0.327 e. The van der Waals surface area contributed by atoms with Crippen LogP contribution in [-0.4, -0.2) is 20.8 Å². The second kappa shape index (κ2) is 5.59. The molecule has 1 unspecified atom stereocenters. The van der Waals surface area contributed by atoms with Gasteiger partial charge in [0, 0.05) is 31.7 Å². The van der Waals surface area contributed by atoms with E-state index in [1.807, 2.05) is 48.6 Å². The summed E-state index contributed by atoms with van der Waals surface area (Å²) in [5.74, 6) is 0. The Kier molecular flexibility index (Phi) is 3.88. The van der Waals surface area contributed by atoms with Crippen LogP contribution in [0.3, 0.4) is 0 Å². The van der Waals surface area contributed by atoms with Crippen LogP contribution in [0.4, 0.5) is 0 Å². The predicted molar refractivity (Wildman–Crippen MR) is 67.4 cm³/mol. The molecule has 0 saturated heterocycles. The molecule has 0 radical (unpaired) electrons. The van der Waals surface area contributed by atoms with E-state index in [0.29, 0.717) is 0 Å². The molecule has 0 aliphatic carbocycles. The molecular formula is C13H18N4. The quantitative estimate of drug-likeness (QED) is 0.842. The van der Waals surface area contributed by atoms with Crippen LogP contribution in [0, 0.1) is 0 Å². The van der Waals surface area contributed by atoms with Crippen molar-refractivity contribution in [2.45, 2.75) is 25.3 Å². The second-order valence-corrected chi connectivity index (χ2v) is 4.38. The lowest BCUT2D eigenvalue weighted by Crippen LogP contribution is -2.23. The highest BCUT2D eigenvalue weighted by Gasteiger charge is 2.06. The van der Waals surface area contributed by atoms with Crippen LogP contribution in [0.5, 0.6) is 0 Å². The molecule has 2 aromatic heterocycles. The Morgan fingerprint density at radius 1 is 1.29 bits per heavy atom. The van der Waals surface area contributed by atoms with Gasteiger partial charge in [-0.15, -0.1) is 0 Å². The van der Waals surface area contributed by atoms with Crippen LogP contribution in [-0.2, 0) is 19.9 Å². The van der Waals surface area contributed by atoms with Crippen molar-refractivity contribution >= 4 is 0 Å². The minimum atomic E-state index is 0.187. The van der Waals surface area contributed by atoms with Gasteiger partial charge in [-0.2, -0.15) is 5.10 Å². The number of pyridine rings is 1. The summed E-state index contributed by atoms with van der Waals surface area (Å²) in [4.78, 5) is 4.00. The molecule has 1 atom stereocenters. The van der Waals surface area contributed by atoms with Crippen molar-refractivity contribution < 1.29 is 0 Å². The number of aryl methyl sites for hydroxylation is 2. The minimum absolute atomic E-state index is 0.187. The van der Waals surface area contributed by atoms with Crippen molar-refractivity contribution in [3.05, 3.63) is 48.0 Å². The Morgan fingerprint density at radius 2 is 2.06 bits per heavy atom. The normalized spacial score (nSPS) is 12.6. The van der Waals surface area contributed by atoms with Gasteiger partial charge in [-0.3, -0.25) is 9.67 Å². The van der Waals surface area contributed by atoms with Gasteiger partial charge in [0.25, 0.3) is 0 Å². The lowest BCUT2D eigenvalue weighted by Gasteiger charge is -2.09. The molecule has 4 heteroatoms. The molecule has 0 aliphatic heterocycles. The van der Waals surface area contributed by atoms with Crippen LogP contribution >= 0.6 is 0 Å². The summed E-state index contributed by atoms with van der Waals surface area (Å²) in [6.45, 7) is 0. The molecule has 2 heterocycles. The summed E-state index contributed by atoms with van der Waals surface area (Å²) in [5, 5.41) is 4.14. The van der Waals surface area contributed by atoms with Gasteiger partial charge in [0.05, 0.1) is 6.20 Å². The third-order valence-electron chi connectivity index (χ3n) is 2.81. The molecule has 0 aromatic carbocycles. The Labute approximate surface area is 101 Å². The zero-order valence-corrected chi connectivity index (χ0v) is 10.1. The monoisotopic (exact) mass is 230 g/mol. The highest BCUT2D eigenvalue weighted by Crippen LogP contribution is 2.07. The van der Waals surface area contributed by atoms with Crippen LogP contribution < -0.4 is 5.73 Å². The molecule has 0 bridgehead atoms. The van der Waals surface area contributed by atoms with Crippen molar-refractivity contribution in [3.8, 4) is 0 Å². The first kappa shape index (κ1) is 11.8. The van der Waals surface area contributed by atoms with Crippen molar-refractivity contribution in [2.75, 3.05) is 0 Å². The van der Waals surface area contributed by atoms with E-state index in [0.717, 1.165) is 19.3 Å². The zero-order chi connectivity index (χ0) is 12.1. The fraction of sp³-hybridized carbons (Fsp3) is 0.385. The number of hydrogen-bond donors (Lipinski definition) is 1. The molecule has 2 aromatic rings. The van der Waals surface area contributed by atoms with E-state index in [1.165, 1.54) is 11.1 Å². The van der Waals surface area contributed by atoms with E-state index in [4.69, 9.17) is 5.73 Å². The van der Waals surface area contributed by atoms with Gasteiger partial charge in [-0.05, 0) is 42.5 Å². The maximum Gasteiger partial charge on any atom is 0.0522 e. The van der Waals surface area contributed by atoms with Gasteiger partial charge in [0.1, 0.15) is 0 Å². The summed E-state index contributed by atoms with van der Waals surface area (Å²) in [5.41, 5.74) is 8.61. The molecule has 0 saturated carbocycles. The van der Waals surface area contributed by atoms with E-state index in [-0.39, 0.29) is 6.04 Å². The van der Waals surface area contributed by atoms with Crippen molar-refractivity contribution in [3.63, 3.8) is 0 Å². The maximum atomic E-state index is 6.11. The first-order chi connectivity index (χ1) is 8.24. The Hall–Kier alpha value is -1.68. The molecule has 17 heavy (non-hydrogen) atoms. The third-order valence-corrected chi connectivity index (χ3v) is 2.81. The number of nitrogens with two attached hydrogens (primary N) is 1. The van der Waals surface area contributed by atoms with Gasteiger partial charge in [-0.25, -0.2) is 0 Å². The summed E-state index contributed by atoms with van der Waals surface area (Å²) in [7, 11) is 1.92. The van der Waals surface area contributed by atoms with Crippen LogP contribution in [0.15, 0.2) is 36.9 Å². The summed E-state index contributed by atoms with van der Waals surface area (Å²) in [6, 6.07) is 4.26. The molecule has 2 N–H and O–H groups in total. The standard InChI is InChI=1S/C13H18N4/c1-17-10-12(9-16-17)8-13(14)3-2-11-4-6-15-7-5-11/h4-7,9-10,13H,2-3,8,14H2,1H3. The molecule has 0 amide bonds. The first-order valence-electron chi connectivity index (χ1n) is 5.86. The molecule has 4 nitrogen and oxygen atoms in total. The van der Waals surface area contributed by atoms with E-state index >= 15 is 0 Å². The van der Waals surface area contributed by atoms with Crippen LogP contribution in [0.1, 0.15) is 17.5 Å². The lowest BCUT2D eigenvalue weighted by molar-refractivity contribution is 0.610. The number of aromatic nitrogens is 3. The molecule has 0 fully saturated rings. The average molecular weight is 230 g/mol. The fourth-order valence-electron chi connectivity index (χ4n) is 1.88. The number of nitrogens with zero attached hydrogens (tertiary/aromatic N) is 3. The molecule has 90 valence electrons. The second-order valence-electron chi connectivity index (χ2n) is 4.38. The van der Waals surface area contributed by atoms with E-state index in [9.17, 15) is 0 Å². The fourth-order valence-corrected chi connectivity index (χ4v) is 1.88. The zero-order valence-electron chi connectivity index (χ0n) is 10.1. The highest BCUT2D eigenvalue weighted by molar-refractivity contribution is 5.11. The molecule has 0 aliphatic rings. The number of hydrogen-bond acceptors (Lipinski definition) is 3. The number of rotatable bonds is 5. The predicted octanol–water partition coefficient (Wildman–Crippen LogP) is 1.32. The maximum absolute atomic E-state index is 6.11. The highest BCUT2D eigenvalue weighted by atomic mass is 15.2. The molecule has 2 rings (SSSR count). The van der Waals surface area contributed by atoms with Crippen molar-refractivity contribution in [2.24, 2.45) is 12.8 Å². The van der Waals surface area contributed by atoms with Crippen LogP contribution in [0.25, 0.3) is 0 Å². The first-order valence-corrected chi connectivity index (χ1v) is 5.86. The minimum Gasteiger partial charge on any atom is -0.327 e. The summed E-state index contributed by atoms with van der Waals surface area (Å²) < 4.78 is 1.81.